The Morgan fingerprint density at radius 2 is 2.07 bits per heavy atom. The minimum atomic E-state index is 0.353. The maximum absolute atomic E-state index is 8.46. The van der Waals surface area contributed by atoms with Gasteiger partial charge in [0.05, 0.1) is 6.07 Å². The topological polar surface area (TPSA) is 35.8 Å². The van der Waals surface area contributed by atoms with Crippen molar-refractivity contribution in [1.82, 2.24) is 5.32 Å². The first kappa shape index (κ1) is 12.2. The number of nitriles is 1. The smallest absolute Gasteiger partial charge is 0.0635 e. The van der Waals surface area contributed by atoms with Crippen LogP contribution in [0, 0.1) is 11.3 Å². The number of hydrogen-bond donors (Lipinski definition) is 1. The summed E-state index contributed by atoms with van der Waals surface area (Å²) in [6.45, 7) is 2.90. The molecule has 1 rings (SSSR count). The standard InChI is InChI=1S/C12H15BrN2/c1-2-12(15-9-3-8-14)10-4-6-11(13)7-5-10/h4-7,12,15H,2-3,9H2,1H3. The molecule has 1 N–H and O–H groups in total. The van der Waals surface area contributed by atoms with Crippen LogP contribution in [0.5, 0.6) is 0 Å². The van der Waals surface area contributed by atoms with Gasteiger partial charge < -0.3 is 5.32 Å². The molecule has 80 valence electrons. The Balaban J connectivity index is 2.58. The van der Waals surface area contributed by atoms with E-state index in [4.69, 9.17) is 5.26 Å². The van der Waals surface area contributed by atoms with Gasteiger partial charge in [-0.25, -0.2) is 0 Å². The molecule has 0 aromatic heterocycles. The second-order valence-corrected chi connectivity index (χ2v) is 4.29. The van der Waals surface area contributed by atoms with Gasteiger partial charge in [0.25, 0.3) is 0 Å². The molecule has 0 spiro atoms. The van der Waals surface area contributed by atoms with E-state index in [2.05, 4.69) is 46.4 Å². The second-order valence-electron chi connectivity index (χ2n) is 3.37. The summed E-state index contributed by atoms with van der Waals surface area (Å²) in [7, 11) is 0. The highest BCUT2D eigenvalue weighted by atomic mass is 79.9. The van der Waals surface area contributed by atoms with Crippen LogP contribution >= 0.6 is 15.9 Å². The molecule has 0 aliphatic heterocycles. The Bertz CT molecular complexity index is 326. The number of hydrogen-bond acceptors (Lipinski definition) is 2. The Kier molecular flexibility index (Phi) is 5.38. The number of benzene rings is 1. The van der Waals surface area contributed by atoms with Crippen LogP contribution in [0.25, 0.3) is 0 Å². The molecule has 0 aliphatic carbocycles. The number of nitrogens with one attached hydrogen (secondary N) is 1. The zero-order chi connectivity index (χ0) is 11.1. The minimum absolute atomic E-state index is 0.353. The molecule has 15 heavy (non-hydrogen) atoms. The quantitative estimate of drug-likeness (QED) is 0.830. The van der Waals surface area contributed by atoms with Gasteiger partial charge in [-0.05, 0) is 24.1 Å². The maximum Gasteiger partial charge on any atom is 0.0635 e. The van der Waals surface area contributed by atoms with E-state index in [0.29, 0.717) is 12.5 Å². The lowest BCUT2D eigenvalue weighted by Crippen LogP contribution is -2.21. The molecule has 0 radical (unpaired) electrons. The predicted molar refractivity (Wildman–Crippen MR) is 65.4 cm³/mol. The van der Waals surface area contributed by atoms with Gasteiger partial charge in [0.15, 0.2) is 0 Å². The van der Waals surface area contributed by atoms with Crippen LogP contribution in [0.1, 0.15) is 31.4 Å². The highest BCUT2D eigenvalue weighted by Gasteiger charge is 2.07. The van der Waals surface area contributed by atoms with Gasteiger partial charge in [-0.15, -0.1) is 0 Å². The van der Waals surface area contributed by atoms with Crippen molar-refractivity contribution in [3.05, 3.63) is 34.3 Å². The van der Waals surface area contributed by atoms with Crippen LogP contribution in [-0.2, 0) is 0 Å². The molecule has 2 nitrogen and oxygen atoms in total. The largest absolute Gasteiger partial charge is 0.309 e. The van der Waals surface area contributed by atoms with Gasteiger partial charge in [0, 0.05) is 23.5 Å². The summed E-state index contributed by atoms with van der Waals surface area (Å²) < 4.78 is 1.10. The lowest BCUT2D eigenvalue weighted by Gasteiger charge is -2.16. The third-order valence-corrected chi connectivity index (χ3v) is 2.84. The summed E-state index contributed by atoms with van der Waals surface area (Å²) in [5.74, 6) is 0. The molecule has 0 amide bonds. The normalized spacial score (nSPS) is 12.1. The Labute approximate surface area is 99.4 Å². The third kappa shape index (κ3) is 4.03. The van der Waals surface area contributed by atoms with Gasteiger partial charge in [-0.2, -0.15) is 5.26 Å². The first-order chi connectivity index (χ1) is 7.27. The average molecular weight is 267 g/mol. The first-order valence-electron chi connectivity index (χ1n) is 5.13. The lowest BCUT2D eigenvalue weighted by atomic mass is 10.0. The number of rotatable bonds is 5. The van der Waals surface area contributed by atoms with Crippen molar-refractivity contribution in [2.45, 2.75) is 25.8 Å². The SMILES string of the molecule is CCC(NCCC#N)c1ccc(Br)cc1. The molecule has 0 aliphatic rings. The van der Waals surface area contributed by atoms with E-state index in [0.717, 1.165) is 17.4 Å². The molecule has 0 saturated carbocycles. The van der Waals surface area contributed by atoms with Crippen molar-refractivity contribution < 1.29 is 0 Å². The fourth-order valence-corrected chi connectivity index (χ4v) is 1.76. The Morgan fingerprint density at radius 1 is 1.40 bits per heavy atom. The molecule has 0 saturated heterocycles. The zero-order valence-electron chi connectivity index (χ0n) is 8.83. The number of nitrogens with zero attached hydrogens (tertiary/aromatic N) is 1. The molecular weight excluding hydrogens is 252 g/mol. The van der Waals surface area contributed by atoms with Crippen molar-refractivity contribution in [2.75, 3.05) is 6.54 Å². The fourth-order valence-electron chi connectivity index (χ4n) is 1.50. The van der Waals surface area contributed by atoms with E-state index in [-0.39, 0.29) is 0 Å². The molecule has 1 atom stereocenters. The van der Waals surface area contributed by atoms with E-state index in [1.807, 2.05) is 12.1 Å². The molecule has 1 unspecified atom stereocenters. The lowest BCUT2D eigenvalue weighted by molar-refractivity contribution is 0.527. The summed E-state index contributed by atoms with van der Waals surface area (Å²) in [5.41, 5.74) is 1.28. The summed E-state index contributed by atoms with van der Waals surface area (Å²) in [6, 6.07) is 10.8. The molecule has 1 aromatic rings. The monoisotopic (exact) mass is 266 g/mol. The van der Waals surface area contributed by atoms with Crippen molar-refractivity contribution in [1.29, 1.82) is 5.26 Å². The Hall–Kier alpha value is -0.850. The van der Waals surface area contributed by atoms with Crippen LogP contribution in [0.3, 0.4) is 0 Å². The van der Waals surface area contributed by atoms with Gasteiger partial charge in [0.2, 0.25) is 0 Å². The van der Waals surface area contributed by atoms with Crippen molar-refractivity contribution in [2.24, 2.45) is 0 Å². The minimum Gasteiger partial charge on any atom is -0.309 e. The van der Waals surface area contributed by atoms with Gasteiger partial charge in [-0.3, -0.25) is 0 Å². The number of halogens is 1. The van der Waals surface area contributed by atoms with Gasteiger partial charge in [-0.1, -0.05) is 35.0 Å². The highest BCUT2D eigenvalue weighted by molar-refractivity contribution is 9.10. The van der Waals surface area contributed by atoms with Crippen LogP contribution in [0.2, 0.25) is 0 Å². The summed E-state index contributed by atoms with van der Waals surface area (Å²) in [5, 5.41) is 11.8. The van der Waals surface area contributed by atoms with Crippen molar-refractivity contribution >= 4 is 15.9 Å². The van der Waals surface area contributed by atoms with Crippen LogP contribution in [0.4, 0.5) is 0 Å². The summed E-state index contributed by atoms with van der Waals surface area (Å²) in [4.78, 5) is 0. The molecule has 0 bridgehead atoms. The van der Waals surface area contributed by atoms with E-state index >= 15 is 0 Å². The van der Waals surface area contributed by atoms with Gasteiger partial charge in [0.1, 0.15) is 0 Å². The third-order valence-electron chi connectivity index (χ3n) is 2.31. The van der Waals surface area contributed by atoms with Crippen LogP contribution in [-0.4, -0.2) is 6.54 Å². The van der Waals surface area contributed by atoms with E-state index in [1.54, 1.807) is 0 Å². The maximum atomic E-state index is 8.46. The zero-order valence-corrected chi connectivity index (χ0v) is 10.4. The Morgan fingerprint density at radius 3 is 2.60 bits per heavy atom. The average Bonchev–Trinajstić information content (AvgIpc) is 2.26. The molecule has 0 fully saturated rings. The van der Waals surface area contributed by atoms with E-state index in [9.17, 15) is 0 Å². The van der Waals surface area contributed by atoms with Crippen LogP contribution in [0.15, 0.2) is 28.7 Å². The first-order valence-corrected chi connectivity index (χ1v) is 5.93. The molecule has 3 heteroatoms. The highest BCUT2D eigenvalue weighted by Crippen LogP contribution is 2.19. The van der Waals surface area contributed by atoms with Crippen LogP contribution < -0.4 is 5.32 Å². The van der Waals surface area contributed by atoms with E-state index < -0.39 is 0 Å². The second kappa shape index (κ2) is 6.60. The van der Waals surface area contributed by atoms with E-state index in [1.165, 1.54) is 5.56 Å². The van der Waals surface area contributed by atoms with Crippen molar-refractivity contribution in [3.63, 3.8) is 0 Å². The summed E-state index contributed by atoms with van der Waals surface area (Å²) >= 11 is 3.42. The molecule has 0 heterocycles. The fraction of sp³-hybridized carbons (Fsp3) is 0.417. The molecular formula is C12H15BrN2. The molecule has 1 aromatic carbocycles. The van der Waals surface area contributed by atoms with Gasteiger partial charge >= 0.3 is 0 Å². The van der Waals surface area contributed by atoms with Crippen molar-refractivity contribution in [3.8, 4) is 6.07 Å². The summed E-state index contributed by atoms with van der Waals surface area (Å²) in [6.07, 6.45) is 1.60. The predicted octanol–water partition coefficient (Wildman–Crippen LogP) is 3.40.